The van der Waals surface area contributed by atoms with Gasteiger partial charge in [0.1, 0.15) is 11.9 Å². The number of ether oxygens (including phenoxy) is 4. The van der Waals surface area contributed by atoms with E-state index in [1.165, 1.54) is 12.1 Å². The Morgan fingerprint density at radius 2 is 1.78 bits per heavy atom. The molecular weight excluding hydrogens is 487 g/mol. The standard InChI is InChI=1S/C28H34F3NO5/c1-17(2)14-32-26(33)28(35-16-19-7-5-6-8-20(19)29)12-23(25-24(13-28)36-27(3,4)37-25)34-15-18-9-10-21(30)22(31)11-18/h5-11,17,23-25H,12-16H2,1-4H3,(H,32,33)/t23-,24-,25+,28-/m1/s1. The summed E-state index contributed by atoms with van der Waals surface area (Å²) in [6.07, 6.45) is -1.42. The summed E-state index contributed by atoms with van der Waals surface area (Å²) >= 11 is 0. The fourth-order valence-corrected chi connectivity index (χ4v) is 4.83. The fourth-order valence-electron chi connectivity index (χ4n) is 4.83. The van der Waals surface area contributed by atoms with Gasteiger partial charge in [0.25, 0.3) is 5.91 Å². The zero-order valence-corrected chi connectivity index (χ0v) is 21.6. The lowest BCUT2D eigenvalue weighted by atomic mass is 9.78. The van der Waals surface area contributed by atoms with Crippen LogP contribution >= 0.6 is 0 Å². The Kier molecular flexibility index (Phi) is 8.28. The molecule has 9 heteroatoms. The third-order valence-corrected chi connectivity index (χ3v) is 6.64. The molecule has 6 nitrogen and oxygen atoms in total. The molecule has 1 aliphatic heterocycles. The molecule has 1 amide bonds. The zero-order valence-electron chi connectivity index (χ0n) is 21.6. The maximum Gasteiger partial charge on any atom is 0.252 e. The van der Waals surface area contributed by atoms with Gasteiger partial charge in [-0.05, 0) is 43.5 Å². The van der Waals surface area contributed by atoms with Crippen molar-refractivity contribution < 1.29 is 36.9 Å². The Balaban J connectivity index is 1.61. The lowest BCUT2D eigenvalue weighted by Crippen LogP contribution is -2.60. The predicted octanol–water partition coefficient (Wildman–Crippen LogP) is 5.03. The average Bonchev–Trinajstić information content (AvgIpc) is 3.16. The number of fused-ring (bicyclic) bond motifs is 1. The number of benzene rings is 2. The van der Waals surface area contributed by atoms with E-state index in [4.69, 9.17) is 18.9 Å². The topological polar surface area (TPSA) is 66.0 Å². The van der Waals surface area contributed by atoms with Crippen molar-refractivity contribution in [2.45, 2.75) is 83.5 Å². The summed E-state index contributed by atoms with van der Waals surface area (Å²) in [5.74, 6) is -3.41. The molecule has 0 unspecified atom stereocenters. The first-order valence-corrected chi connectivity index (χ1v) is 12.5. The van der Waals surface area contributed by atoms with E-state index in [2.05, 4.69) is 5.32 Å². The number of carbonyl (C=O) groups is 1. The molecule has 37 heavy (non-hydrogen) atoms. The Hall–Kier alpha value is -2.46. The van der Waals surface area contributed by atoms with Crippen LogP contribution in [0, 0.1) is 23.4 Å². The number of halogens is 3. The molecule has 4 atom stereocenters. The molecule has 0 aromatic heterocycles. The molecule has 0 radical (unpaired) electrons. The second kappa shape index (κ2) is 11.1. The van der Waals surface area contributed by atoms with Crippen LogP contribution in [0.1, 0.15) is 51.7 Å². The minimum Gasteiger partial charge on any atom is -0.371 e. The lowest BCUT2D eigenvalue weighted by Gasteiger charge is -2.43. The maximum atomic E-state index is 14.4. The SMILES string of the molecule is CC(C)CNC(=O)[C@@]1(OCc2ccccc2F)C[C@@H](OCc2ccc(F)c(F)c2)[C@@H]2OC(C)(C)O[C@@H]2C1. The van der Waals surface area contributed by atoms with Crippen molar-refractivity contribution in [1.29, 1.82) is 0 Å². The minimum absolute atomic E-state index is 0.0358. The highest BCUT2D eigenvalue weighted by molar-refractivity contribution is 5.85. The number of hydrogen-bond donors (Lipinski definition) is 1. The monoisotopic (exact) mass is 521 g/mol. The summed E-state index contributed by atoms with van der Waals surface area (Å²) in [6.45, 7) is 7.78. The Morgan fingerprint density at radius 3 is 2.49 bits per heavy atom. The van der Waals surface area contributed by atoms with Crippen molar-refractivity contribution in [3.63, 3.8) is 0 Å². The summed E-state index contributed by atoms with van der Waals surface area (Å²) in [5, 5.41) is 2.95. The van der Waals surface area contributed by atoms with E-state index in [1.807, 2.05) is 13.8 Å². The first-order chi connectivity index (χ1) is 17.5. The molecule has 1 saturated heterocycles. The highest BCUT2D eigenvalue weighted by Gasteiger charge is 2.58. The summed E-state index contributed by atoms with van der Waals surface area (Å²) in [6, 6.07) is 9.78. The van der Waals surface area contributed by atoms with Crippen LogP contribution < -0.4 is 5.32 Å². The molecule has 1 N–H and O–H groups in total. The number of carbonyl (C=O) groups excluding carboxylic acids is 1. The molecule has 0 bridgehead atoms. The van der Waals surface area contributed by atoms with Crippen LogP contribution in [-0.4, -0.2) is 42.2 Å². The van der Waals surface area contributed by atoms with Crippen LogP contribution in [0.15, 0.2) is 42.5 Å². The highest BCUT2D eigenvalue weighted by Crippen LogP contribution is 2.44. The van der Waals surface area contributed by atoms with E-state index in [0.717, 1.165) is 12.1 Å². The molecule has 2 aromatic rings. The van der Waals surface area contributed by atoms with Gasteiger partial charge in [-0.15, -0.1) is 0 Å². The van der Waals surface area contributed by atoms with Gasteiger partial charge in [0.2, 0.25) is 0 Å². The van der Waals surface area contributed by atoms with Crippen molar-refractivity contribution in [2.75, 3.05) is 6.54 Å². The van der Waals surface area contributed by atoms with Crippen LogP contribution in [0.4, 0.5) is 13.2 Å². The Morgan fingerprint density at radius 1 is 1.03 bits per heavy atom. The molecule has 1 saturated carbocycles. The van der Waals surface area contributed by atoms with E-state index in [0.29, 0.717) is 17.7 Å². The number of hydrogen-bond acceptors (Lipinski definition) is 5. The third-order valence-electron chi connectivity index (χ3n) is 6.64. The van der Waals surface area contributed by atoms with Gasteiger partial charge < -0.3 is 24.3 Å². The second-order valence-electron chi connectivity index (χ2n) is 10.6. The summed E-state index contributed by atoms with van der Waals surface area (Å²) in [5.41, 5.74) is -0.633. The van der Waals surface area contributed by atoms with E-state index in [1.54, 1.807) is 32.0 Å². The van der Waals surface area contributed by atoms with E-state index in [-0.39, 0.29) is 37.9 Å². The largest absolute Gasteiger partial charge is 0.371 e. The lowest BCUT2D eigenvalue weighted by molar-refractivity contribution is -0.183. The van der Waals surface area contributed by atoms with Crippen LogP contribution in [0.5, 0.6) is 0 Å². The molecule has 2 aromatic carbocycles. The first-order valence-electron chi connectivity index (χ1n) is 12.5. The Bertz CT molecular complexity index is 1110. The molecule has 4 rings (SSSR count). The predicted molar refractivity (Wildman–Crippen MR) is 130 cm³/mol. The van der Waals surface area contributed by atoms with E-state index < -0.39 is 47.2 Å². The van der Waals surface area contributed by atoms with Crippen molar-refractivity contribution >= 4 is 5.91 Å². The van der Waals surface area contributed by atoms with Gasteiger partial charge >= 0.3 is 0 Å². The number of amides is 1. The van der Waals surface area contributed by atoms with Gasteiger partial charge in [-0.2, -0.15) is 0 Å². The van der Waals surface area contributed by atoms with Gasteiger partial charge in [0, 0.05) is 24.9 Å². The van der Waals surface area contributed by atoms with Crippen LogP contribution in [-0.2, 0) is 37.0 Å². The molecule has 202 valence electrons. The minimum atomic E-state index is -1.39. The average molecular weight is 522 g/mol. The van der Waals surface area contributed by atoms with Crippen molar-refractivity contribution in [3.8, 4) is 0 Å². The molecule has 2 fully saturated rings. The van der Waals surface area contributed by atoms with Crippen LogP contribution in [0.25, 0.3) is 0 Å². The summed E-state index contributed by atoms with van der Waals surface area (Å²) in [4.78, 5) is 13.6. The number of nitrogens with one attached hydrogen (secondary N) is 1. The maximum absolute atomic E-state index is 14.4. The van der Waals surface area contributed by atoms with Crippen molar-refractivity contribution in [3.05, 3.63) is 71.0 Å². The highest BCUT2D eigenvalue weighted by atomic mass is 19.2. The molecule has 1 aliphatic carbocycles. The quantitative estimate of drug-likeness (QED) is 0.502. The summed E-state index contributed by atoms with van der Waals surface area (Å²) in [7, 11) is 0. The molecular formula is C28H34F3NO5. The number of rotatable bonds is 9. The molecule has 0 spiro atoms. The van der Waals surface area contributed by atoms with Crippen molar-refractivity contribution in [1.82, 2.24) is 5.32 Å². The first kappa shape index (κ1) is 27.6. The molecule has 1 heterocycles. The summed E-state index contributed by atoms with van der Waals surface area (Å²) < 4.78 is 66.2. The Labute approximate surface area is 215 Å². The normalized spacial score (nSPS) is 26.8. The van der Waals surface area contributed by atoms with Gasteiger partial charge in [-0.1, -0.05) is 38.1 Å². The van der Waals surface area contributed by atoms with Crippen LogP contribution in [0.2, 0.25) is 0 Å². The van der Waals surface area contributed by atoms with Crippen molar-refractivity contribution in [2.24, 2.45) is 5.92 Å². The van der Waals surface area contributed by atoms with Crippen LogP contribution in [0.3, 0.4) is 0 Å². The van der Waals surface area contributed by atoms with E-state index in [9.17, 15) is 18.0 Å². The second-order valence-corrected chi connectivity index (χ2v) is 10.6. The van der Waals surface area contributed by atoms with Gasteiger partial charge in [0.15, 0.2) is 23.0 Å². The third kappa shape index (κ3) is 6.52. The molecule has 2 aliphatic rings. The zero-order chi connectivity index (χ0) is 26.8. The smallest absolute Gasteiger partial charge is 0.252 e. The van der Waals surface area contributed by atoms with Gasteiger partial charge in [0.05, 0.1) is 25.4 Å². The fraction of sp³-hybridized carbons (Fsp3) is 0.536. The van der Waals surface area contributed by atoms with Gasteiger partial charge in [-0.3, -0.25) is 4.79 Å². The van der Waals surface area contributed by atoms with E-state index >= 15 is 0 Å². The van der Waals surface area contributed by atoms with Gasteiger partial charge in [-0.25, -0.2) is 13.2 Å².